The molecule has 0 saturated heterocycles. The Bertz CT molecular complexity index is 1040. The summed E-state index contributed by atoms with van der Waals surface area (Å²) in [6, 6.07) is 6.15. The molecule has 0 aliphatic heterocycles. The number of anilines is 2. The second-order valence-corrected chi connectivity index (χ2v) is 7.39. The first-order chi connectivity index (χ1) is 13.3. The Hall–Kier alpha value is -2.78. The molecule has 28 heavy (non-hydrogen) atoms. The molecule has 0 aliphatic rings. The third kappa shape index (κ3) is 3.90. The summed E-state index contributed by atoms with van der Waals surface area (Å²) in [5, 5.41) is 11.5. The van der Waals surface area contributed by atoms with Crippen molar-refractivity contribution < 1.29 is 13.9 Å². The van der Waals surface area contributed by atoms with E-state index in [2.05, 4.69) is 20.5 Å². The quantitative estimate of drug-likeness (QED) is 0.670. The Morgan fingerprint density at radius 3 is 2.64 bits per heavy atom. The molecule has 3 aromatic rings. The zero-order chi connectivity index (χ0) is 20.4. The van der Waals surface area contributed by atoms with E-state index in [1.54, 1.807) is 24.0 Å². The van der Waals surface area contributed by atoms with E-state index >= 15 is 0 Å². The number of pyridine rings is 1. The summed E-state index contributed by atoms with van der Waals surface area (Å²) in [5.74, 6) is -0.982. The van der Waals surface area contributed by atoms with Gasteiger partial charge < -0.3 is 9.64 Å². The van der Waals surface area contributed by atoms with Gasteiger partial charge in [0.1, 0.15) is 5.75 Å². The molecule has 0 saturated carbocycles. The number of rotatable bonds is 5. The van der Waals surface area contributed by atoms with Crippen LogP contribution in [0.2, 0.25) is 5.02 Å². The van der Waals surface area contributed by atoms with Crippen LogP contribution < -0.4 is 15.0 Å². The fourth-order valence-electron chi connectivity index (χ4n) is 2.47. The van der Waals surface area contributed by atoms with E-state index in [4.69, 9.17) is 16.3 Å². The maximum atomic E-state index is 14.8. The van der Waals surface area contributed by atoms with Crippen LogP contribution in [0.1, 0.15) is 16.1 Å². The van der Waals surface area contributed by atoms with Crippen molar-refractivity contribution in [2.24, 2.45) is 0 Å². The maximum absolute atomic E-state index is 14.8. The fraction of sp³-hybridized carbons (Fsp3) is 0.222. The highest BCUT2D eigenvalue weighted by Crippen LogP contribution is 2.37. The van der Waals surface area contributed by atoms with Crippen LogP contribution in [-0.2, 0) is 0 Å². The molecular weight excluding hydrogens is 405 g/mol. The van der Waals surface area contributed by atoms with Gasteiger partial charge in [0.05, 0.1) is 29.0 Å². The Labute approximate surface area is 170 Å². The number of ether oxygens (including phenoxy) is 1. The largest absolute Gasteiger partial charge is 0.496 e. The minimum atomic E-state index is -0.709. The standard InChI is InChI=1S/C18H17ClFN5O2S/c1-9-5-6-10(16(26)22-17-23-24-18(28-17)25(2)3)15(21-9)13-12(27-4)8-7-11(19)14(13)20/h5-8H,1-4H3,(H,22,23,26). The number of carbonyl (C=O) groups is 1. The molecule has 1 N–H and O–H groups in total. The number of nitrogens with zero attached hydrogens (tertiary/aromatic N) is 4. The van der Waals surface area contributed by atoms with Crippen LogP contribution in [0.3, 0.4) is 0 Å². The van der Waals surface area contributed by atoms with Crippen LogP contribution in [0, 0.1) is 12.7 Å². The first kappa shape index (κ1) is 20.0. The van der Waals surface area contributed by atoms with Crippen molar-refractivity contribution in [2.45, 2.75) is 6.92 Å². The molecule has 3 rings (SSSR count). The van der Waals surface area contributed by atoms with Gasteiger partial charge in [-0.1, -0.05) is 22.9 Å². The Morgan fingerprint density at radius 2 is 2.00 bits per heavy atom. The Balaban J connectivity index is 2.07. The van der Waals surface area contributed by atoms with Crippen LogP contribution in [0.15, 0.2) is 24.3 Å². The van der Waals surface area contributed by atoms with E-state index in [9.17, 15) is 9.18 Å². The Kier molecular flexibility index (Phi) is 5.76. The summed E-state index contributed by atoms with van der Waals surface area (Å²) in [4.78, 5) is 19.0. The predicted octanol–water partition coefficient (Wildman–Crippen LogP) is 4.03. The normalized spacial score (nSPS) is 10.6. The molecular formula is C18H17ClFN5O2S. The highest BCUT2D eigenvalue weighted by atomic mass is 35.5. The number of amides is 1. The van der Waals surface area contributed by atoms with Crippen molar-refractivity contribution in [1.29, 1.82) is 0 Å². The van der Waals surface area contributed by atoms with Crippen LogP contribution >= 0.6 is 22.9 Å². The van der Waals surface area contributed by atoms with E-state index in [1.165, 1.54) is 30.6 Å². The van der Waals surface area contributed by atoms with E-state index in [1.807, 2.05) is 14.1 Å². The van der Waals surface area contributed by atoms with E-state index in [0.717, 1.165) is 0 Å². The molecule has 7 nitrogen and oxygen atoms in total. The van der Waals surface area contributed by atoms with Gasteiger partial charge in [-0.25, -0.2) is 4.39 Å². The van der Waals surface area contributed by atoms with Gasteiger partial charge in [-0.3, -0.25) is 15.1 Å². The van der Waals surface area contributed by atoms with E-state index in [0.29, 0.717) is 16.0 Å². The minimum absolute atomic E-state index is 0.0232. The number of hydrogen-bond acceptors (Lipinski definition) is 7. The topological polar surface area (TPSA) is 80.2 Å². The molecule has 0 atom stereocenters. The minimum Gasteiger partial charge on any atom is -0.496 e. The number of aromatic nitrogens is 3. The lowest BCUT2D eigenvalue weighted by molar-refractivity contribution is 0.102. The van der Waals surface area contributed by atoms with Crippen LogP contribution in [0.4, 0.5) is 14.7 Å². The van der Waals surface area contributed by atoms with Crippen molar-refractivity contribution in [3.8, 4) is 17.0 Å². The van der Waals surface area contributed by atoms with Crippen molar-refractivity contribution in [3.05, 3.63) is 46.4 Å². The number of carbonyl (C=O) groups excluding carboxylic acids is 1. The van der Waals surface area contributed by atoms with Gasteiger partial charge in [0, 0.05) is 19.8 Å². The van der Waals surface area contributed by atoms with Gasteiger partial charge in [-0.2, -0.15) is 0 Å². The molecule has 2 aromatic heterocycles. The first-order valence-corrected chi connectivity index (χ1v) is 9.33. The van der Waals surface area contributed by atoms with Crippen molar-refractivity contribution in [1.82, 2.24) is 15.2 Å². The molecule has 1 aromatic carbocycles. The maximum Gasteiger partial charge on any atom is 0.259 e. The number of methoxy groups -OCH3 is 1. The number of halogens is 2. The molecule has 0 bridgehead atoms. The van der Waals surface area contributed by atoms with Gasteiger partial charge in [0.25, 0.3) is 5.91 Å². The number of aryl methyl sites for hydroxylation is 1. The van der Waals surface area contributed by atoms with Gasteiger partial charge >= 0.3 is 0 Å². The fourth-order valence-corrected chi connectivity index (χ4v) is 3.29. The highest BCUT2D eigenvalue weighted by Gasteiger charge is 2.23. The molecule has 2 heterocycles. The average molecular weight is 422 g/mol. The number of nitrogens with one attached hydrogen (secondary N) is 1. The predicted molar refractivity (Wildman–Crippen MR) is 108 cm³/mol. The number of benzene rings is 1. The third-order valence-electron chi connectivity index (χ3n) is 3.81. The molecule has 1 amide bonds. The second-order valence-electron chi connectivity index (χ2n) is 6.03. The van der Waals surface area contributed by atoms with Crippen molar-refractivity contribution >= 4 is 39.1 Å². The van der Waals surface area contributed by atoms with Crippen LogP contribution in [0.5, 0.6) is 5.75 Å². The van der Waals surface area contributed by atoms with E-state index in [-0.39, 0.29) is 27.6 Å². The lowest BCUT2D eigenvalue weighted by atomic mass is 10.0. The summed E-state index contributed by atoms with van der Waals surface area (Å²) in [5.41, 5.74) is 0.923. The molecule has 0 fully saturated rings. The van der Waals surface area contributed by atoms with Gasteiger partial charge in [0.15, 0.2) is 5.82 Å². The number of hydrogen-bond donors (Lipinski definition) is 1. The molecule has 0 radical (unpaired) electrons. The van der Waals surface area contributed by atoms with Gasteiger partial charge in [-0.15, -0.1) is 10.2 Å². The summed E-state index contributed by atoms with van der Waals surface area (Å²) in [7, 11) is 5.05. The summed E-state index contributed by atoms with van der Waals surface area (Å²) < 4.78 is 20.1. The Morgan fingerprint density at radius 1 is 1.25 bits per heavy atom. The molecule has 0 aliphatic carbocycles. The zero-order valence-corrected chi connectivity index (χ0v) is 17.2. The van der Waals surface area contributed by atoms with Crippen molar-refractivity contribution in [3.63, 3.8) is 0 Å². The van der Waals surface area contributed by atoms with Crippen LogP contribution in [0.25, 0.3) is 11.3 Å². The third-order valence-corrected chi connectivity index (χ3v) is 5.11. The first-order valence-electron chi connectivity index (χ1n) is 8.14. The average Bonchev–Trinajstić information content (AvgIpc) is 3.12. The second kappa shape index (κ2) is 8.07. The summed E-state index contributed by atoms with van der Waals surface area (Å²) in [6.07, 6.45) is 0. The SMILES string of the molecule is COc1ccc(Cl)c(F)c1-c1nc(C)ccc1C(=O)Nc1nnc(N(C)C)s1. The highest BCUT2D eigenvalue weighted by molar-refractivity contribution is 7.19. The summed E-state index contributed by atoms with van der Waals surface area (Å²) in [6.45, 7) is 1.74. The lowest BCUT2D eigenvalue weighted by Gasteiger charge is -2.14. The van der Waals surface area contributed by atoms with Gasteiger partial charge in [0.2, 0.25) is 10.3 Å². The van der Waals surface area contributed by atoms with Crippen LogP contribution in [-0.4, -0.2) is 42.3 Å². The molecule has 0 unspecified atom stereocenters. The van der Waals surface area contributed by atoms with E-state index < -0.39 is 11.7 Å². The zero-order valence-electron chi connectivity index (χ0n) is 15.6. The molecule has 10 heteroatoms. The van der Waals surface area contributed by atoms with Gasteiger partial charge in [-0.05, 0) is 31.2 Å². The monoisotopic (exact) mass is 421 g/mol. The smallest absolute Gasteiger partial charge is 0.259 e. The lowest BCUT2D eigenvalue weighted by Crippen LogP contribution is -2.14. The molecule has 0 spiro atoms. The molecule has 146 valence electrons. The summed E-state index contributed by atoms with van der Waals surface area (Å²) >= 11 is 7.16. The van der Waals surface area contributed by atoms with Crippen molar-refractivity contribution in [2.75, 3.05) is 31.4 Å².